The Morgan fingerprint density at radius 3 is 2.33 bits per heavy atom. The van der Waals surface area contributed by atoms with E-state index in [-0.39, 0.29) is 28.9 Å². The maximum atomic E-state index is 12.8. The number of aliphatic hydroxyl groups is 1. The Kier molecular flexibility index (Phi) is 8.22. The molecular formula is C28H29F3N2O5S. The summed E-state index contributed by atoms with van der Waals surface area (Å²) in [5.41, 5.74) is 7.00. The minimum atomic E-state index is -4.42. The van der Waals surface area contributed by atoms with Crippen molar-refractivity contribution in [3.05, 3.63) is 89.0 Å². The van der Waals surface area contributed by atoms with E-state index >= 15 is 0 Å². The van der Waals surface area contributed by atoms with Gasteiger partial charge in [0.15, 0.2) is 9.84 Å². The molecule has 39 heavy (non-hydrogen) atoms. The first-order valence-electron chi connectivity index (χ1n) is 12.4. The zero-order valence-corrected chi connectivity index (χ0v) is 22.0. The number of rotatable bonds is 9. The molecule has 208 valence electrons. The Balaban J connectivity index is 1.55. The molecule has 0 aliphatic carbocycles. The van der Waals surface area contributed by atoms with E-state index in [0.29, 0.717) is 36.4 Å². The number of ether oxygens (including phenoxy) is 1. The quantitative estimate of drug-likeness (QED) is 0.401. The molecule has 1 aliphatic heterocycles. The van der Waals surface area contributed by atoms with E-state index < -0.39 is 33.4 Å². The highest BCUT2D eigenvalue weighted by Gasteiger charge is 2.31. The van der Waals surface area contributed by atoms with Crippen molar-refractivity contribution in [3.8, 4) is 5.75 Å². The number of amides is 1. The summed E-state index contributed by atoms with van der Waals surface area (Å²) in [4.78, 5) is 14.4. The van der Waals surface area contributed by atoms with Crippen molar-refractivity contribution in [2.24, 2.45) is 5.73 Å². The third-order valence-corrected chi connectivity index (χ3v) is 8.63. The van der Waals surface area contributed by atoms with Gasteiger partial charge in [0.25, 0.3) is 0 Å². The lowest BCUT2D eigenvalue weighted by atomic mass is 9.88. The fraction of sp³-hybridized carbons (Fsp3) is 0.321. The summed E-state index contributed by atoms with van der Waals surface area (Å²) in [6.45, 7) is 2.28. The predicted octanol–water partition coefficient (Wildman–Crippen LogP) is 4.38. The summed E-state index contributed by atoms with van der Waals surface area (Å²) in [5.74, 6) is -0.991. The van der Waals surface area contributed by atoms with Gasteiger partial charge in [-0.15, -0.1) is 0 Å². The molecule has 4 rings (SSSR count). The molecule has 2 atom stereocenters. The van der Waals surface area contributed by atoms with Crippen LogP contribution in [0.5, 0.6) is 5.75 Å². The summed E-state index contributed by atoms with van der Waals surface area (Å²) in [7, 11) is -3.39. The Morgan fingerprint density at radius 1 is 1.10 bits per heavy atom. The number of benzene rings is 3. The van der Waals surface area contributed by atoms with Crippen LogP contribution in [0, 0.1) is 0 Å². The zero-order chi connectivity index (χ0) is 28.4. The van der Waals surface area contributed by atoms with Crippen LogP contribution in [0.2, 0.25) is 0 Å². The SMILES string of the molecule is CCS(=O)(=O)c1ccc([C@@H](CO)c2cc(N3CCC(Oc4ccc(C(F)(F)F)cc4)C3)ccc2C(N)=O)cc1. The molecule has 3 aromatic rings. The van der Waals surface area contributed by atoms with Crippen LogP contribution in [0.3, 0.4) is 0 Å². The van der Waals surface area contributed by atoms with Gasteiger partial charge in [0, 0.05) is 30.1 Å². The number of anilines is 1. The van der Waals surface area contributed by atoms with Gasteiger partial charge in [-0.05, 0) is 65.7 Å². The van der Waals surface area contributed by atoms with Crippen LogP contribution in [-0.4, -0.2) is 51.0 Å². The Bertz CT molecular complexity index is 1430. The summed E-state index contributed by atoms with van der Waals surface area (Å²) < 4.78 is 68.7. The third-order valence-electron chi connectivity index (χ3n) is 6.87. The van der Waals surface area contributed by atoms with Crippen LogP contribution < -0.4 is 15.4 Å². The molecule has 0 radical (unpaired) electrons. The van der Waals surface area contributed by atoms with E-state index in [1.165, 1.54) is 24.3 Å². The third kappa shape index (κ3) is 6.36. The van der Waals surface area contributed by atoms with Gasteiger partial charge < -0.3 is 20.5 Å². The van der Waals surface area contributed by atoms with Crippen molar-refractivity contribution in [2.45, 2.75) is 36.4 Å². The minimum Gasteiger partial charge on any atom is -0.489 e. The second-order valence-electron chi connectivity index (χ2n) is 9.34. The number of nitrogens with zero attached hydrogens (tertiary/aromatic N) is 1. The van der Waals surface area contributed by atoms with Gasteiger partial charge in [-0.3, -0.25) is 4.79 Å². The van der Waals surface area contributed by atoms with Gasteiger partial charge >= 0.3 is 6.18 Å². The van der Waals surface area contributed by atoms with E-state index in [4.69, 9.17) is 10.5 Å². The number of hydrogen-bond acceptors (Lipinski definition) is 6. The molecule has 1 fully saturated rings. The molecule has 7 nitrogen and oxygen atoms in total. The first kappa shape index (κ1) is 28.4. The molecule has 1 saturated heterocycles. The van der Waals surface area contributed by atoms with Crippen LogP contribution in [0.4, 0.5) is 18.9 Å². The summed E-state index contributed by atoms with van der Waals surface area (Å²) in [6.07, 6.45) is -4.05. The van der Waals surface area contributed by atoms with Gasteiger partial charge in [-0.2, -0.15) is 13.2 Å². The van der Waals surface area contributed by atoms with Crippen molar-refractivity contribution in [2.75, 3.05) is 30.3 Å². The molecule has 1 amide bonds. The molecule has 3 N–H and O–H groups in total. The van der Waals surface area contributed by atoms with Gasteiger partial charge in [0.2, 0.25) is 5.91 Å². The number of carbonyl (C=O) groups excluding carboxylic acids is 1. The molecular weight excluding hydrogens is 533 g/mol. The maximum Gasteiger partial charge on any atom is 0.416 e. The minimum absolute atomic E-state index is 0.0386. The molecule has 0 saturated carbocycles. The lowest BCUT2D eigenvalue weighted by molar-refractivity contribution is -0.137. The van der Waals surface area contributed by atoms with E-state index in [9.17, 15) is 31.5 Å². The largest absolute Gasteiger partial charge is 0.489 e. The van der Waals surface area contributed by atoms with E-state index in [2.05, 4.69) is 0 Å². The number of primary amides is 1. The van der Waals surface area contributed by atoms with Crippen LogP contribution in [0.1, 0.15) is 46.3 Å². The topological polar surface area (TPSA) is 110 Å². The molecule has 1 heterocycles. The van der Waals surface area contributed by atoms with Gasteiger partial charge in [0.1, 0.15) is 11.9 Å². The summed E-state index contributed by atoms with van der Waals surface area (Å²) in [5, 5.41) is 10.3. The molecule has 3 aromatic carbocycles. The number of sulfone groups is 1. The lowest BCUT2D eigenvalue weighted by Gasteiger charge is -2.24. The van der Waals surface area contributed by atoms with Crippen LogP contribution >= 0.6 is 0 Å². The molecule has 0 bridgehead atoms. The average Bonchev–Trinajstić information content (AvgIpc) is 3.37. The number of carbonyl (C=O) groups is 1. The van der Waals surface area contributed by atoms with E-state index in [0.717, 1.165) is 17.8 Å². The molecule has 1 aliphatic rings. The zero-order valence-electron chi connectivity index (χ0n) is 21.2. The summed E-state index contributed by atoms with van der Waals surface area (Å²) >= 11 is 0. The van der Waals surface area contributed by atoms with Crippen molar-refractivity contribution in [1.29, 1.82) is 0 Å². The predicted molar refractivity (Wildman–Crippen MR) is 141 cm³/mol. The number of aliphatic hydroxyl groups excluding tert-OH is 1. The highest BCUT2D eigenvalue weighted by molar-refractivity contribution is 7.91. The van der Waals surface area contributed by atoms with Crippen molar-refractivity contribution in [1.82, 2.24) is 0 Å². The van der Waals surface area contributed by atoms with Crippen molar-refractivity contribution < 1.29 is 36.2 Å². The Labute approximate surface area is 224 Å². The van der Waals surface area contributed by atoms with Gasteiger partial charge in [0.05, 0.1) is 29.4 Å². The second kappa shape index (κ2) is 11.3. The van der Waals surface area contributed by atoms with Crippen molar-refractivity contribution >= 4 is 21.4 Å². The van der Waals surface area contributed by atoms with E-state index in [1.54, 1.807) is 37.3 Å². The van der Waals surface area contributed by atoms with Gasteiger partial charge in [-0.1, -0.05) is 19.1 Å². The lowest BCUT2D eigenvalue weighted by Crippen LogP contribution is -2.25. The van der Waals surface area contributed by atoms with Crippen LogP contribution in [0.25, 0.3) is 0 Å². The fourth-order valence-electron chi connectivity index (χ4n) is 4.69. The number of halogens is 3. The fourth-order valence-corrected chi connectivity index (χ4v) is 5.57. The monoisotopic (exact) mass is 562 g/mol. The van der Waals surface area contributed by atoms with Crippen LogP contribution in [-0.2, 0) is 16.0 Å². The number of alkyl halides is 3. The van der Waals surface area contributed by atoms with E-state index in [1.807, 2.05) is 4.90 Å². The smallest absolute Gasteiger partial charge is 0.416 e. The first-order valence-corrected chi connectivity index (χ1v) is 14.0. The highest BCUT2D eigenvalue weighted by atomic mass is 32.2. The average molecular weight is 563 g/mol. The Hall–Kier alpha value is -3.57. The summed E-state index contributed by atoms with van der Waals surface area (Å²) in [6, 6.07) is 15.9. The highest BCUT2D eigenvalue weighted by Crippen LogP contribution is 2.34. The normalized spacial score (nSPS) is 16.7. The standard InChI is InChI=1S/C28H29F3N2O5S/c1-2-39(36,37)23-10-3-18(4-11-23)26(17-34)25-15-20(7-12-24(25)27(32)35)33-14-13-22(16-33)38-21-8-5-19(6-9-21)28(29,30)31/h3-12,15,22,26,34H,2,13-14,16-17H2,1H3,(H2,32,35)/t22?,26-/m1/s1. The molecule has 11 heteroatoms. The number of nitrogens with two attached hydrogens (primary N) is 1. The number of hydrogen-bond donors (Lipinski definition) is 2. The molecule has 1 unspecified atom stereocenters. The Morgan fingerprint density at radius 2 is 1.77 bits per heavy atom. The second-order valence-corrected chi connectivity index (χ2v) is 11.6. The van der Waals surface area contributed by atoms with Gasteiger partial charge in [-0.25, -0.2) is 8.42 Å². The molecule has 0 aromatic heterocycles. The van der Waals surface area contributed by atoms with Crippen molar-refractivity contribution in [3.63, 3.8) is 0 Å². The maximum absolute atomic E-state index is 12.8. The molecule has 0 spiro atoms. The van der Waals surface area contributed by atoms with Crippen LogP contribution in [0.15, 0.2) is 71.6 Å². The first-order chi connectivity index (χ1) is 18.4.